The van der Waals surface area contributed by atoms with E-state index in [4.69, 9.17) is 5.26 Å². The van der Waals surface area contributed by atoms with Gasteiger partial charge in [0.05, 0.1) is 18.2 Å². The van der Waals surface area contributed by atoms with Crippen molar-refractivity contribution < 1.29 is 14.0 Å². The second kappa shape index (κ2) is 9.11. The highest BCUT2D eigenvalue weighted by atomic mass is 19.1. The number of urea groups is 1. The molecule has 1 saturated carbocycles. The molecule has 0 saturated heterocycles. The van der Waals surface area contributed by atoms with Crippen LogP contribution in [0.25, 0.3) is 0 Å². The van der Waals surface area contributed by atoms with Gasteiger partial charge < -0.3 is 5.32 Å². The molecule has 3 rings (SSSR count). The van der Waals surface area contributed by atoms with Gasteiger partial charge in [0.2, 0.25) is 5.91 Å². The zero-order valence-electron chi connectivity index (χ0n) is 15.3. The van der Waals surface area contributed by atoms with E-state index in [2.05, 4.69) is 16.7 Å². The number of hydrogen-bond donors (Lipinski definition) is 2. The van der Waals surface area contributed by atoms with E-state index < -0.39 is 11.9 Å². The van der Waals surface area contributed by atoms with Gasteiger partial charge in [-0.25, -0.2) is 9.18 Å². The molecule has 0 bridgehead atoms. The Labute approximate surface area is 163 Å². The number of carbonyl (C=O) groups excluding carboxylic acids is 2. The van der Waals surface area contributed by atoms with Crippen molar-refractivity contribution in [3.8, 4) is 6.07 Å². The van der Waals surface area contributed by atoms with Gasteiger partial charge in [-0.1, -0.05) is 24.3 Å². The maximum Gasteiger partial charge on any atom is 0.321 e. The van der Waals surface area contributed by atoms with Gasteiger partial charge in [-0.2, -0.15) is 5.26 Å². The van der Waals surface area contributed by atoms with E-state index >= 15 is 0 Å². The van der Waals surface area contributed by atoms with Gasteiger partial charge in [0.15, 0.2) is 0 Å². The zero-order valence-corrected chi connectivity index (χ0v) is 15.3. The maximum atomic E-state index is 13.5. The summed E-state index contributed by atoms with van der Waals surface area (Å²) in [5.74, 6) is -0.771. The van der Waals surface area contributed by atoms with Crippen LogP contribution in [0.4, 0.5) is 9.18 Å². The molecule has 0 heterocycles. The summed E-state index contributed by atoms with van der Waals surface area (Å²) < 4.78 is 13.5. The minimum absolute atomic E-state index is 0.0192. The summed E-state index contributed by atoms with van der Waals surface area (Å²) in [6.45, 7) is 0.740. The normalized spacial score (nSPS) is 13.0. The Balaban J connectivity index is 1.66. The number of hydrogen-bond acceptors (Lipinski definition) is 4. The molecule has 1 aliphatic carbocycles. The summed E-state index contributed by atoms with van der Waals surface area (Å²) in [6.07, 6.45) is 1.87. The second-order valence-electron chi connectivity index (χ2n) is 6.88. The maximum absolute atomic E-state index is 13.5. The van der Waals surface area contributed by atoms with Crippen molar-refractivity contribution in [2.24, 2.45) is 0 Å². The molecule has 2 aromatic carbocycles. The highest BCUT2D eigenvalue weighted by Crippen LogP contribution is 2.18. The van der Waals surface area contributed by atoms with Crippen molar-refractivity contribution in [1.29, 1.82) is 5.26 Å². The molecular weight excluding hydrogens is 359 g/mol. The average Bonchev–Trinajstić information content (AvgIpc) is 3.46. The first-order valence-corrected chi connectivity index (χ1v) is 9.08. The smallest absolute Gasteiger partial charge is 0.321 e. The van der Waals surface area contributed by atoms with E-state index in [1.54, 1.807) is 24.3 Å². The second-order valence-corrected chi connectivity index (χ2v) is 6.88. The first kappa shape index (κ1) is 19.5. The van der Waals surface area contributed by atoms with Gasteiger partial charge in [-0.05, 0) is 48.2 Å². The Bertz CT molecular complexity index is 888. The number of rotatable bonds is 7. The van der Waals surface area contributed by atoms with Gasteiger partial charge >= 0.3 is 6.03 Å². The van der Waals surface area contributed by atoms with Crippen LogP contribution >= 0.6 is 0 Å². The number of benzene rings is 2. The third kappa shape index (κ3) is 6.18. The van der Waals surface area contributed by atoms with Crippen molar-refractivity contribution in [3.63, 3.8) is 0 Å². The summed E-state index contributed by atoms with van der Waals surface area (Å²) in [6, 6.07) is 15.0. The fourth-order valence-electron chi connectivity index (χ4n) is 2.82. The Kier molecular flexibility index (Phi) is 6.35. The summed E-state index contributed by atoms with van der Waals surface area (Å²) in [7, 11) is 0. The largest absolute Gasteiger partial charge is 0.335 e. The number of nitrogens with one attached hydrogen (secondary N) is 2. The SMILES string of the molecule is N#Cc1ccc(CN(CC(=O)NC(=O)NC2CC2)Cc2cccc(F)c2)cc1. The van der Waals surface area contributed by atoms with Crippen LogP contribution < -0.4 is 10.6 Å². The minimum atomic E-state index is -0.489. The van der Waals surface area contributed by atoms with E-state index in [1.807, 2.05) is 17.0 Å². The summed E-state index contributed by atoms with van der Waals surface area (Å²) >= 11 is 0. The molecule has 144 valence electrons. The molecule has 0 unspecified atom stereocenters. The first-order valence-electron chi connectivity index (χ1n) is 9.08. The number of carbonyl (C=O) groups is 2. The quantitative estimate of drug-likeness (QED) is 0.773. The minimum Gasteiger partial charge on any atom is -0.335 e. The number of halogens is 1. The van der Waals surface area contributed by atoms with Gasteiger partial charge in [-0.15, -0.1) is 0 Å². The molecule has 2 N–H and O–H groups in total. The molecule has 0 aliphatic heterocycles. The highest BCUT2D eigenvalue weighted by molar-refractivity contribution is 5.95. The standard InChI is InChI=1S/C21H21FN4O2/c22-18-3-1-2-17(10-18)13-26(12-16-6-4-15(11-23)5-7-16)14-20(27)25-21(28)24-19-8-9-19/h1-7,10,19H,8-9,12-14H2,(H2,24,25,27,28). The Morgan fingerprint density at radius 3 is 2.46 bits per heavy atom. The van der Waals surface area contributed by atoms with Crippen LogP contribution in [0.1, 0.15) is 29.5 Å². The molecule has 6 nitrogen and oxygen atoms in total. The summed E-state index contributed by atoms with van der Waals surface area (Å²) in [5.41, 5.74) is 2.18. The van der Waals surface area contributed by atoms with Crippen LogP contribution in [0.2, 0.25) is 0 Å². The van der Waals surface area contributed by atoms with Gasteiger partial charge in [0, 0.05) is 19.1 Å². The van der Waals surface area contributed by atoms with Gasteiger partial charge in [0.1, 0.15) is 5.82 Å². The predicted molar refractivity (Wildman–Crippen MR) is 101 cm³/mol. The lowest BCUT2D eigenvalue weighted by molar-refractivity contribution is -0.121. The predicted octanol–water partition coefficient (Wildman–Crippen LogP) is 2.69. The van der Waals surface area contributed by atoms with Crippen molar-refractivity contribution in [1.82, 2.24) is 15.5 Å². The third-order valence-electron chi connectivity index (χ3n) is 4.32. The van der Waals surface area contributed by atoms with Crippen LogP contribution in [-0.2, 0) is 17.9 Å². The van der Waals surface area contributed by atoms with Crippen LogP contribution in [0, 0.1) is 17.1 Å². The molecule has 0 radical (unpaired) electrons. The van der Waals surface area contributed by atoms with Crippen molar-refractivity contribution in [3.05, 3.63) is 71.0 Å². The third-order valence-corrected chi connectivity index (χ3v) is 4.32. The fourth-order valence-corrected chi connectivity index (χ4v) is 2.82. The molecule has 0 atom stereocenters. The lowest BCUT2D eigenvalue weighted by Crippen LogP contribution is -2.44. The van der Waals surface area contributed by atoms with E-state index in [0.717, 1.165) is 24.0 Å². The molecule has 0 spiro atoms. The molecule has 1 aliphatic rings. The number of amides is 3. The molecule has 7 heteroatoms. The zero-order chi connectivity index (χ0) is 19.9. The van der Waals surface area contributed by atoms with E-state index in [0.29, 0.717) is 18.7 Å². The van der Waals surface area contributed by atoms with Crippen LogP contribution in [0.15, 0.2) is 48.5 Å². The summed E-state index contributed by atoms with van der Waals surface area (Å²) in [5, 5.41) is 14.0. The lowest BCUT2D eigenvalue weighted by atomic mass is 10.1. The van der Waals surface area contributed by atoms with E-state index in [9.17, 15) is 14.0 Å². The number of nitrogens with zero attached hydrogens (tertiary/aromatic N) is 2. The molecule has 1 fully saturated rings. The Hall–Kier alpha value is -3.24. The molecule has 3 amide bonds. The molecule has 2 aromatic rings. The molecule has 28 heavy (non-hydrogen) atoms. The summed E-state index contributed by atoms with van der Waals surface area (Å²) in [4.78, 5) is 25.9. The molecular formula is C21H21FN4O2. The number of nitriles is 1. The monoisotopic (exact) mass is 380 g/mol. The van der Waals surface area contributed by atoms with Gasteiger partial charge in [0.25, 0.3) is 0 Å². The number of imide groups is 1. The first-order chi connectivity index (χ1) is 13.5. The van der Waals surface area contributed by atoms with Crippen LogP contribution in [0.5, 0.6) is 0 Å². The van der Waals surface area contributed by atoms with Crippen LogP contribution in [0.3, 0.4) is 0 Å². The fraction of sp³-hybridized carbons (Fsp3) is 0.286. The van der Waals surface area contributed by atoms with Gasteiger partial charge in [-0.3, -0.25) is 15.0 Å². The lowest BCUT2D eigenvalue weighted by Gasteiger charge is -2.22. The van der Waals surface area contributed by atoms with E-state index in [-0.39, 0.29) is 18.4 Å². The molecule has 0 aromatic heterocycles. The van der Waals surface area contributed by atoms with Crippen molar-refractivity contribution in [2.75, 3.05) is 6.54 Å². The highest BCUT2D eigenvalue weighted by Gasteiger charge is 2.24. The average molecular weight is 380 g/mol. The Morgan fingerprint density at radius 2 is 1.82 bits per heavy atom. The Morgan fingerprint density at radius 1 is 1.11 bits per heavy atom. The van der Waals surface area contributed by atoms with Crippen molar-refractivity contribution >= 4 is 11.9 Å². The van der Waals surface area contributed by atoms with E-state index in [1.165, 1.54) is 12.1 Å². The van der Waals surface area contributed by atoms with Crippen LogP contribution in [-0.4, -0.2) is 29.4 Å². The topological polar surface area (TPSA) is 85.2 Å². The van der Waals surface area contributed by atoms with Crippen molar-refractivity contribution in [2.45, 2.75) is 32.0 Å².